The molecule has 3 rings (SSSR count). The number of cyclic esters (lactones) is 2. The molecule has 230 valence electrons. The molecule has 1 aromatic heterocycles. The minimum Gasteiger partial charge on any atom is -0.459 e. The van der Waals surface area contributed by atoms with Crippen LogP contribution in [0, 0.1) is 17.3 Å². The highest BCUT2D eigenvalue weighted by molar-refractivity contribution is 5.93. The summed E-state index contributed by atoms with van der Waals surface area (Å²) in [5.74, 6) is -2.38. The molecule has 0 saturated heterocycles. The first-order valence-corrected chi connectivity index (χ1v) is 14.7. The summed E-state index contributed by atoms with van der Waals surface area (Å²) in [4.78, 5) is 57.0. The lowest BCUT2D eigenvalue weighted by atomic mass is 9.93. The number of hydrogen-bond donors (Lipinski definition) is 2. The Morgan fingerprint density at radius 1 is 1.02 bits per heavy atom. The Morgan fingerprint density at radius 2 is 1.77 bits per heavy atom. The molecule has 0 radical (unpaired) electrons. The van der Waals surface area contributed by atoms with Crippen molar-refractivity contribution in [2.75, 3.05) is 6.54 Å². The second-order valence-electron chi connectivity index (χ2n) is 12.0. The highest BCUT2D eigenvalue weighted by Crippen LogP contribution is 2.23. The maximum Gasteiger partial charge on any atom is 0.347 e. The highest BCUT2D eigenvalue weighted by atomic mass is 16.6. The topological polar surface area (TPSA) is 124 Å². The molecule has 9 heteroatoms. The first-order valence-electron chi connectivity index (χ1n) is 14.7. The van der Waals surface area contributed by atoms with E-state index < -0.39 is 47.4 Å². The van der Waals surface area contributed by atoms with Gasteiger partial charge in [0.2, 0.25) is 11.8 Å². The van der Waals surface area contributed by atoms with Gasteiger partial charge in [-0.25, -0.2) is 4.79 Å². The van der Waals surface area contributed by atoms with Crippen molar-refractivity contribution in [3.05, 3.63) is 84.2 Å². The quantitative estimate of drug-likeness (QED) is 0.458. The number of esters is 2. The van der Waals surface area contributed by atoms with E-state index in [1.807, 2.05) is 69.3 Å². The lowest BCUT2D eigenvalue weighted by molar-refractivity contribution is -0.178. The van der Waals surface area contributed by atoms with Gasteiger partial charge in [-0.15, -0.1) is 0 Å². The molecule has 0 bridgehead atoms. The number of ether oxygens (including phenoxy) is 2. The summed E-state index contributed by atoms with van der Waals surface area (Å²) in [6.45, 7) is 8.98. The van der Waals surface area contributed by atoms with Crippen molar-refractivity contribution >= 4 is 29.8 Å². The molecule has 1 aliphatic rings. The van der Waals surface area contributed by atoms with Crippen molar-refractivity contribution in [1.29, 1.82) is 0 Å². The van der Waals surface area contributed by atoms with Crippen LogP contribution < -0.4 is 10.6 Å². The average molecular weight is 590 g/mol. The lowest BCUT2D eigenvalue weighted by Gasteiger charge is -2.29. The summed E-state index contributed by atoms with van der Waals surface area (Å²) in [5.41, 5.74) is 0.606. The molecular weight excluding hydrogens is 546 g/mol. The van der Waals surface area contributed by atoms with Crippen molar-refractivity contribution in [3.63, 3.8) is 0 Å². The fourth-order valence-corrected chi connectivity index (χ4v) is 4.45. The molecular formula is C34H43N3O6. The van der Waals surface area contributed by atoms with Gasteiger partial charge in [-0.1, -0.05) is 75.4 Å². The second kappa shape index (κ2) is 15.8. The maximum absolute atomic E-state index is 13.4. The number of rotatable bonds is 7. The van der Waals surface area contributed by atoms with Gasteiger partial charge in [-0.2, -0.15) is 0 Å². The van der Waals surface area contributed by atoms with E-state index in [2.05, 4.69) is 15.6 Å². The fourth-order valence-electron chi connectivity index (χ4n) is 4.45. The maximum atomic E-state index is 13.4. The van der Waals surface area contributed by atoms with Crippen LogP contribution >= 0.6 is 0 Å². The molecule has 2 aromatic rings. The number of benzene rings is 1. The molecule has 4 atom stereocenters. The zero-order valence-electron chi connectivity index (χ0n) is 25.6. The molecule has 0 saturated carbocycles. The van der Waals surface area contributed by atoms with Crippen molar-refractivity contribution < 1.29 is 28.7 Å². The van der Waals surface area contributed by atoms with E-state index in [4.69, 9.17) is 9.47 Å². The van der Waals surface area contributed by atoms with Crippen LogP contribution in [0.15, 0.2) is 73.1 Å². The van der Waals surface area contributed by atoms with E-state index >= 15 is 0 Å². The standard InChI is InChI=1S/C34H43N3O6/c1-23(2)19-29-32(40)42-28(24(3)16-17-25-11-7-6-8-12-25)14-9-15-30(38)37-27(20-26-13-10-18-35-21-26)31(39)36-22-34(4,5)33(41)43-29/h6-13,15-18,21,23-24,27-29H,14,19-20,22H2,1-5H3,(H,36,39)(H,37,38)/b15-9+,17-16+/t24-,27-,28?,29?/m1/s1. The molecule has 9 nitrogen and oxygen atoms in total. The minimum atomic E-state index is -1.16. The van der Waals surface area contributed by atoms with Gasteiger partial charge in [0.05, 0.1) is 5.41 Å². The first kappa shape index (κ1) is 33.2. The van der Waals surface area contributed by atoms with Gasteiger partial charge in [0, 0.05) is 37.7 Å². The third kappa shape index (κ3) is 10.8. The molecule has 1 aromatic carbocycles. The van der Waals surface area contributed by atoms with Crippen LogP contribution in [0.25, 0.3) is 6.08 Å². The van der Waals surface area contributed by atoms with Crippen LogP contribution in [0.4, 0.5) is 0 Å². The summed E-state index contributed by atoms with van der Waals surface area (Å²) in [5, 5.41) is 5.53. The molecule has 1 aliphatic heterocycles. The molecule has 2 unspecified atom stereocenters. The molecule has 0 spiro atoms. The van der Waals surface area contributed by atoms with E-state index in [1.54, 1.807) is 38.4 Å². The van der Waals surface area contributed by atoms with Crippen LogP contribution in [0.1, 0.15) is 58.6 Å². The predicted molar refractivity (Wildman–Crippen MR) is 164 cm³/mol. The van der Waals surface area contributed by atoms with Gasteiger partial charge in [0.15, 0.2) is 6.10 Å². The van der Waals surface area contributed by atoms with E-state index in [9.17, 15) is 19.2 Å². The van der Waals surface area contributed by atoms with Crippen LogP contribution in [-0.2, 0) is 35.1 Å². The number of aromatic nitrogens is 1. The Kier molecular flexibility index (Phi) is 12.2. The number of nitrogens with one attached hydrogen (secondary N) is 2. The largest absolute Gasteiger partial charge is 0.459 e. The Morgan fingerprint density at radius 3 is 2.44 bits per heavy atom. The van der Waals surface area contributed by atoms with Crippen LogP contribution in [-0.4, -0.2) is 53.5 Å². The third-order valence-corrected chi connectivity index (χ3v) is 7.13. The molecule has 2 heterocycles. The van der Waals surface area contributed by atoms with Crippen molar-refractivity contribution in [1.82, 2.24) is 15.6 Å². The highest BCUT2D eigenvalue weighted by Gasteiger charge is 2.36. The number of pyridine rings is 1. The Balaban J connectivity index is 1.92. The summed E-state index contributed by atoms with van der Waals surface area (Å²) < 4.78 is 11.7. The van der Waals surface area contributed by atoms with Crippen LogP contribution in [0.2, 0.25) is 0 Å². The summed E-state index contributed by atoms with van der Waals surface area (Å²) in [7, 11) is 0. The van der Waals surface area contributed by atoms with Crippen molar-refractivity contribution in [2.45, 2.75) is 72.1 Å². The van der Waals surface area contributed by atoms with E-state index in [-0.39, 0.29) is 37.6 Å². The minimum absolute atomic E-state index is 0.0458. The van der Waals surface area contributed by atoms with E-state index in [0.717, 1.165) is 11.1 Å². The summed E-state index contributed by atoms with van der Waals surface area (Å²) in [6.07, 6.45) is 9.08. The summed E-state index contributed by atoms with van der Waals surface area (Å²) >= 11 is 0. The van der Waals surface area contributed by atoms with Crippen LogP contribution in [0.5, 0.6) is 0 Å². The number of carbonyl (C=O) groups is 4. The Bertz CT molecular complexity index is 1290. The number of hydrogen-bond acceptors (Lipinski definition) is 7. The molecule has 43 heavy (non-hydrogen) atoms. The summed E-state index contributed by atoms with van der Waals surface area (Å²) in [6, 6.07) is 12.4. The molecule has 2 N–H and O–H groups in total. The van der Waals surface area contributed by atoms with Crippen molar-refractivity contribution in [2.24, 2.45) is 17.3 Å². The molecule has 0 aliphatic carbocycles. The van der Waals surface area contributed by atoms with Gasteiger partial charge in [0.25, 0.3) is 0 Å². The van der Waals surface area contributed by atoms with E-state index in [1.165, 1.54) is 6.08 Å². The normalized spacial score (nSPS) is 23.6. The van der Waals surface area contributed by atoms with E-state index in [0.29, 0.717) is 0 Å². The average Bonchev–Trinajstić information content (AvgIpc) is 2.97. The third-order valence-electron chi connectivity index (χ3n) is 7.13. The predicted octanol–water partition coefficient (Wildman–Crippen LogP) is 4.43. The zero-order chi connectivity index (χ0) is 31.4. The SMILES string of the molecule is CC(C)CC1OC(=O)C(C)(C)CNC(=O)[C@@H](Cc2cccnc2)NC(=O)/C=C/CC([C@H](C)/C=C/c2ccccc2)OC1=O. The fraction of sp³-hybridized carbons (Fsp3) is 0.441. The molecule has 2 amide bonds. The van der Waals surface area contributed by atoms with Crippen molar-refractivity contribution in [3.8, 4) is 0 Å². The van der Waals surface area contributed by atoms with Crippen LogP contribution in [0.3, 0.4) is 0 Å². The monoisotopic (exact) mass is 589 g/mol. The van der Waals surface area contributed by atoms with Gasteiger partial charge in [0.1, 0.15) is 12.1 Å². The van der Waals surface area contributed by atoms with Gasteiger partial charge in [-0.05, 0) is 49.5 Å². The Labute approximate surface area is 254 Å². The first-order chi connectivity index (χ1) is 20.4. The van der Waals surface area contributed by atoms with Gasteiger partial charge >= 0.3 is 11.9 Å². The zero-order valence-corrected chi connectivity index (χ0v) is 25.6. The number of nitrogens with zero attached hydrogens (tertiary/aromatic N) is 1. The lowest BCUT2D eigenvalue weighted by Crippen LogP contribution is -2.51. The number of carbonyl (C=O) groups excluding carboxylic acids is 4. The van der Waals surface area contributed by atoms with Gasteiger partial charge in [-0.3, -0.25) is 19.4 Å². The van der Waals surface area contributed by atoms with Gasteiger partial charge < -0.3 is 20.1 Å². The Hall–Kier alpha value is -4.27. The number of amides is 2. The second-order valence-corrected chi connectivity index (χ2v) is 12.0. The smallest absolute Gasteiger partial charge is 0.347 e. The molecule has 0 fully saturated rings.